The van der Waals surface area contributed by atoms with Crippen LogP contribution in [-0.4, -0.2) is 35.4 Å². The van der Waals surface area contributed by atoms with Gasteiger partial charge < -0.3 is 19.7 Å². The Bertz CT molecular complexity index is 999. The molecular formula is C30H42O6. The van der Waals surface area contributed by atoms with E-state index in [1.165, 1.54) is 0 Å². The summed E-state index contributed by atoms with van der Waals surface area (Å²) in [5.74, 6) is -0.375. The van der Waals surface area contributed by atoms with Crippen LogP contribution in [0.25, 0.3) is 0 Å². The van der Waals surface area contributed by atoms with Crippen LogP contribution in [0.4, 0.5) is 0 Å². The number of aromatic hydroxyl groups is 2. The van der Waals surface area contributed by atoms with Gasteiger partial charge in [-0.15, -0.1) is 0 Å². The summed E-state index contributed by atoms with van der Waals surface area (Å²) in [4.78, 5) is 24.3. The number of ether oxygens (including phenoxy) is 2. The van der Waals surface area contributed by atoms with Crippen molar-refractivity contribution in [1.29, 1.82) is 0 Å². The fraction of sp³-hybridized carbons (Fsp3) is 0.533. The lowest BCUT2D eigenvalue weighted by Crippen LogP contribution is -2.16. The molecule has 0 radical (unpaired) electrons. The predicted octanol–water partition coefficient (Wildman–Crippen LogP) is 5.96. The second-order valence-electron chi connectivity index (χ2n) is 11.6. The van der Waals surface area contributed by atoms with Gasteiger partial charge in [0.25, 0.3) is 0 Å². The lowest BCUT2D eigenvalue weighted by Gasteiger charge is -2.23. The summed E-state index contributed by atoms with van der Waals surface area (Å²) in [7, 11) is 0. The Balaban J connectivity index is 1.78. The van der Waals surface area contributed by atoms with E-state index in [9.17, 15) is 19.8 Å². The van der Waals surface area contributed by atoms with Crippen LogP contribution >= 0.6 is 0 Å². The Morgan fingerprint density at radius 2 is 1.00 bits per heavy atom. The van der Waals surface area contributed by atoms with E-state index in [1.54, 1.807) is 0 Å². The van der Waals surface area contributed by atoms with Gasteiger partial charge in [0.05, 0.1) is 0 Å². The molecule has 0 aliphatic heterocycles. The third-order valence-electron chi connectivity index (χ3n) is 6.09. The number of aryl methyl sites for hydroxylation is 4. The molecule has 0 saturated carbocycles. The van der Waals surface area contributed by atoms with E-state index in [1.807, 2.05) is 79.7 Å². The van der Waals surface area contributed by atoms with Crippen LogP contribution in [0.1, 0.15) is 87.8 Å². The Morgan fingerprint density at radius 3 is 1.31 bits per heavy atom. The van der Waals surface area contributed by atoms with E-state index in [-0.39, 0.29) is 48.4 Å². The molecule has 0 aliphatic carbocycles. The SMILES string of the molecule is Cc1cc(CCC(=O)OCCOC(=O)CCc2cc(C)cc(C(C)(C)C)c2O)c(O)c(C(C)(C)C)c1. The number of esters is 2. The molecule has 0 heterocycles. The summed E-state index contributed by atoms with van der Waals surface area (Å²) >= 11 is 0. The molecule has 0 amide bonds. The summed E-state index contributed by atoms with van der Waals surface area (Å²) < 4.78 is 10.4. The largest absolute Gasteiger partial charge is 0.507 e. The summed E-state index contributed by atoms with van der Waals surface area (Å²) in [6.07, 6.45) is 0.978. The fourth-order valence-corrected chi connectivity index (χ4v) is 4.16. The van der Waals surface area contributed by atoms with Gasteiger partial charge >= 0.3 is 11.9 Å². The van der Waals surface area contributed by atoms with E-state index < -0.39 is 11.9 Å². The van der Waals surface area contributed by atoms with Crippen molar-refractivity contribution in [1.82, 2.24) is 0 Å². The minimum Gasteiger partial charge on any atom is -0.507 e. The molecule has 0 spiro atoms. The van der Waals surface area contributed by atoms with Crippen molar-refractivity contribution in [2.75, 3.05) is 13.2 Å². The molecule has 36 heavy (non-hydrogen) atoms. The number of phenols is 2. The van der Waals surface area contributed by atoms with Gasteiger partial charge in [-0.25, -0.2) is 0 Å². The highest BCUT2D eigenvalue weighted by Gasteiger charge is 2.22. The molecule has 198 valence electrons. The van der Waals surface area contributed by atoms with Gasteiger partial charge in [0.2, 0.25) is 0 Å². The Kier molecular flexibility index (Phi) is 9.58. The third kappa shape index (κ3) is 8.28. The zero-order valence-corrected chi connectivity index (χ0v) is 23.1. The van der Waals surface area contributed by atoms with E-state index >= 15 is 0 Å². The number of rotatable bonds is 9. The van der Waals surface area contributed by atoms with Crippen LogP contribution in [0.2, 0.25) is 0 Å². The number of hydrogen-bond acceptors (Lipinski definition) is 6. The minimum absolute atomic E-state index is 0.0263. The molecule has 0 bridgehead atoms. The van der Waals surface area contributed by atoms with Gasteiger partial charge in [-0.05, 0) is 59.8 Å². The Morgan fingerprint density at radius 1 is 0.667 bits per heavy atom. The standard InChI is InChI=1S/C30H42O6/c1-19-15-21(27(33)23(17-19)29(3,4)5)9-11-25(31)35-13-14-36-26(32)12-10-22-16-20(2)18-24(28(22)34)30(6,7)8/h15-18,33-34H,9-14H2,1-8H3. The van der Waals surface area contributed by atoms with E-state index in [2.05, 4.69) is 0 Å². The van der Waals surface area contributed by atoms with Crippen LogP contribution in [0.15, 0.2) is 24.3 Å². The quantitative estimate of drug-likeness (QED) is 0.327. The smallest absolute Gasteiger partial charge is 0.306 e. The van der Waals surface area contributed by atoms with Crippen LogP contribution in [0, 0.1) is 13.8 Å². The lowest BCUT2D eigenvalue weighted by molar-refractivity contribution is -0.152. The first-order valence-electron chi connectivity index (χ1n) is 12.6. The van der Waals surface area contributed by atoms with Crippen molar-refractivity contribution in [3.05, 3.63) is 57.6 Å². The maximum Gasteiger partial charge on any atom is 0.306 e. The first-order valence-corrected chi connectivity index (χ1v) is 12.6. The number of phenolic OH excluding ortho intramolecular Hbond substituents is 2. The van der Waals surface area contributed by atoms with Crippen LogP contribution in [-0.2, 0) is 42.7 Å². The van der Waals surface area contributed by atoms with E-state index in [0.29, 0.717) is 12.8 Å². The molecule has 2 rings (SSSR count). The van der Waals surface area contributed by atoms with Crippen LogP contribution in [0.3, 0.4) is 0 Å². The second kappa shape index (κ2) is 11.8. The fourth-order valence-electron chi connectivity index (χ4n) is 4.16. The summed E-state index contributed by atoms with van der Waals surface area (Å²) in [5, 5.41) is 21.3. The Hall–Kier alpha value is -3.02. The first-order chi connectivity index (χ1) is 16.6. The molecule has 2 N–H and O–H groups in total. The molecule has 0 aliphatic rings. The molecule has 6 heteroatoms. The number of benzene rings is 2. The zero-order valence-electron chi connectivity index (χ0n) is 23.1. The molecule has 0 unspecified atom stereocenters. The Labute approximate surface area is 215 Å². The normalized spacial score (nSPS) is 11.9. The topological polar surface area (TPSA) is 93.1 Å². The highest BCUT2D eigenvalue weighted by Crippen LogP contribution is 2.36. The molecular weight excluding hydrogens is 456 g/mol. The van der Waals surface area contributed by atoms with Gasteiger partial charge in [-0.3, -0.25) is 9.59 Å². The molecule has 2 aromatic carbocycles. The maximum atomic E-state index is 12.2. The van der Waals surface area contributed by atoms with Crippen molar-refractivity contribution in [2.24, 2.45) is 0 Å². The predicted molar refractivity (Wildman–Crippen MR) is 142 cm³/mol. The molecule has 0 fully saturated rings. The van der Waals surface area contributed by atoms with Crippen molar-refractivity contribution in [3.63, 3.8) is 0 Å². The monoisotopic (exact) mass is 498 g/mol. The van der Waals surface area contributed by atoms with Crippen LogP contribution < -0.4 is 0 Å². The lowest BCUT2D eigenvalue weighted by atomic mass is 9.83. The van der Waals surface area contributed by atoms with Crippen molar-refractivity contribution < 1.29 is 29.3 Å². The highest BCUT2D eigenvalue weighted by atomic mass is 16.6. The third-order valence-corrected chi connectivity index (χ3v) is 6.09. The van der Waals surface area contributed by atoms with Crippen molar-refractivity contribution in [2.45, 2.75) is 91.9 Å². The van der Waals surface area contributed by atoms with Crippen LogP contribution in [0.5, 0.6) is 11.5 Å². The van der Waals surface area contributed by atoms with E-state index in [4.69, 9.17) is 9.47 Å². The van der Waals surface area contributed by atoms with Gasteiger partial charge in [-0.2, -0.15) is 0 Å². The average molecular weight is 499 g/mol. The van der Waals surface area contributed by atoms with E-state index in [0.717, 1.165) is 33.4 Å². The minimum atomic E-state index is -0.413. The summed E-state index contributed by atoms with van der Waals surface area (Å²) in [5.41, 5.74) is 4.79. The number of hydrogen-bond donors (Lipinski definition) is 2. The maximum absolute atomic E-state index is 12.2. The van der Waals surface area contributed by atoms with Crippen molar-refractivity contribution >= 4 is 11.9 Å². The summed E-state index contributed by atoms with van der Waals surface area (Å²) in [6, 6.07) is 7.71. The summed E-state index contributed by atoms with van der Waals surface area (Å²) in [6.45, 7) is 16.1. The molecule has 0 aromatic heterocycles. The van der Waals surface area contributed by atoms with Gasteiger partial charge in [0.15, 0.2) is 0 Å². The van der Waals surface area contributed by atoms with Crippen molar-refractivity contribution in [3.8, 4) is 11.5 Å². The molecule has 6 nitrogen and oxygen atoms in total. The first kappa shape index (κ1) is 29.2. The number of carbonyl (C=O) groups excluding carboxylic acids is 2. The van der Waals surface area contributed by atoms with Gasteiger partial charge in [0, 0.05) is 12.8 Å². The van der Waals surface area contributed by atoms with Gasteiger partial charge in [-0.1, -0.05) is 76.9 Å². The zero-order chi connectivity index (χ0) is 27.3. The molecule has 2 aromatic rings. The second-order valence-corrected chi connectivity index (χ2v) is 11.6. The highest BCUT2D eigenvalue weighted by molar-refractivity contribution is 5.71. The molecule has 0 atom stereocenters. The van der Waals surface area contributed by atoms with Gasteiger partial charge in [0.1, 0.15) is 24.7 Å². The molecule has 0 saturated heterocycles. The average Bonchev–Trinajstić information content (AvgIpc) is 2.75. The number of carbonyl (C=O) groups is 2.